The van der Waals surface area contributed by atoms with Crippen LogP contribution >= 0.6 is 0 Å². The third kappa shape index (κ3) is 3.05. The van der Waals surface area contributed by atoms with Gasteiger partial charge in [0.1, 0.15) is 11.5 Å². The molecule has 0 spiro atoms. The van der Waals surface area contributed by atoms with E-state index in [4.69, 9.17) is 0 Å². The van der Waals surface area contributed by atoms with Crippen LogP contribution in [0.5, 0.6) is 0 Å². The van der Waals surface area contributed by atoms with Crippen LogP contribution in [0, 0.1) is 0 Å². The molecule has 24 heavy (non-hydrogen) atoms. The summed E-state index contributed by atoms with van der Waals surface area (Å²) < 4.78 is 38.2. The van der Waals surface area contributed by atoms with Crippen molar-refractivity contribution in [3.63, 3.8) is 0 Å². The predicted octanol–water partition coefficient (Wildman–Crippen LogP) is 2.83. The summed E-state index contributed by atoms with van der Waals surface area (Å²) in [5.74, 6) is 0.710. The highest BCUT2D eigenvalue weighted by Gasteiger charge is 2.30. The zero-order valence-corrected chi connectivity index (χ0v) is 12.5. The predicted molar refractivity (Wildman–Crippen MR) is 82.6 cm³/mol. The van der Waals surface area contributed by atoms with E-state index in [-0.39, 0.29) is 16.7 Å². The molecular weight excluding hydrogens is 323 g/mol. The summed E-state index contributed by atoms with van der Waals surface area (Å²) in [5.41, 5.74) is -1.10. The SMILES string of the molecule is CCNc1cnc(-c2nc3ccc(C(F)(F)F)cc3c(=O)[nH]2)cn1. The van der Waals surface area contributed by atoms with Crippen molar-refractivity contribution in [2.45, 2.75) is 13.1 Å². The second-order valence-corrected chi connectivity index (χ2v) is 4.96. The van der Waals surface area contributed by atoms with E-state index >= 15 is 0 Å². The summed E-state index contributed by atoms with van der Waals surface area (Å²) >= 11 is 0. The maximum Gasteiger partial charge on any atom is 0.416 e. The van der Waals surface area contributed by atoms with E-state index < -0.39 is 17.3 Å². The first kappa shape index (κ1) is 15.9. The average molecular weight is 335 g/mol. The van der Waals surface area contributed by atoms with Gasteiger partial charge in [0.2, 0.25) is 0 Å². The molecule has 0 saturated heterocycles. The van der Waals surface area contributed by atoms with Gasteiger partial charge < -0.3 is 10.3 Å². The number of anilines is 1. The van der Waals surface area contributed by atoms with Crippen molar-refractivity contribution in [2.24, 2.45) is 0 Å². The lowest BCUT2D eigenvalue weighted by atomic mass is 10.1. The number of benzene rings is 1. The van der Waals surface area contributed by atoms with Crippen LogP contribution in [0.4, 0.5) is 19.0 Å². The molecule has 3 aromatic rings. The molecule has 9 heteroatoms. The first-order chi connectivity index (χ1) is 11.4. The number of fused-ring (bicyclic) bond motifs is 1. The maximum atomic E-state index is 12.7. The molecule has 0 saturated carbocycles. The van der Waals surface area contributed by atoms with E-state index in [2.05, 4.69) is 25.3 Å². The van der Waals surface area contributed by atoms with Crippen molar-refractivity contribution in [1.29, 1.82) is 0 Å². The van der Waals surface area contributed by atoms with Crippen molar-refractivity contribution in [3.8, 4) is 11.5 Å². The molecule has 124 valence electrons. The monoisotopic (exact) mass is 335 g/mol. The topological polar surface area (TPSA) is 83.6 Å². The summed E-state index contributed by atoms with van der Waals surface area (Å²) in [6.07, 6.45) is -1.62. The van der Waals surface area contributed by atoms with Crippen LogP contribution in [0.2, 0.25) is 0 Å². The first-order valence-electron chi connectivity index (χ1n) is 7.06. The molecule has 2 aromatic heterocycles. The van der Waals surface area contributed by atoms with Crippen LogP contribution in [-0.4, -0.2) is 26.5 Å². The van der Waals surface area contributed by atoms with Crippen LogP contribution in [0.1, 0.15) is 12.5 Å². The van der Waals surface area contributed by atoms with Crippen molar-refractivity contribution in [3.05, 3.63) is 46.5 Å². The lowest BCUT2D eigenvalue weighted by molar-refractivity contribution is -0.137. The zero-order valence-electron chi connectivity index (χ0n) is 12.5. The fourth-order valence-electron chi connectivity index (χ4n) is 2.16. The Morgan fingerprint density at radius 1 is 1.21 bits per heavy atom. The number of hydrogen-bond donors (Lipinski definition) is 2. The Kier molecular flexibility index (Phi) is 3.92. The number of nitrogens with one attached hydrogen (secondary N) is 2. The summed E-state index contributed by atoms with van der Waals surface area (Å²) in [4.78, 5) is 26.9. The van der Waals surface area contributed by atoms with Crippen molar-refractivity contribution in [1.82, 2.24) is 19.9 Å². The molecule has 0 aliphatic carbocycles. The van der Waals surface area contributed by atoms with Crippen LogP contribution < -0.4 is 10.9 Å². The normalized spacial score (nSPS) is 11.7. The number of aromatic amines is 1. The Balaban J connectivity index is 2.06. The fourth-order valence-corrected chi connectivity index (χ4v) is 2.16. The molecule has 0 aliphatic heterocycles. The number of aromatic nitrogens is 4. The third-order valence-electron chi connectivity index (χ3n) is 3.29. The Labute approximate surface area is 133 Å². The minimum absolute atomic E-state index is 0.134. The molecule has 0 radical (unpaired) electrons. The quantitative estimate of drug-likeness (QED) is 0.769. The molecule has 0 aliphatic rings. The maximum absolute atomic E-state index is 12.7. The molecule has 0 fully saturated rings. The Morgan fingerprint density at radius 3 is 2.62 bits per heavy atom. The summed E-state index contributed by atoms with van der Waals surface area (Å²) in [5, 5.41) is 2.84. The van der Waals surface area contributed by atoms with Crippen molar-refractivity contribution < 1.29 is 13.2 Å². The van der Waals surface area contributed by atoms with E-state index in [1.165, 1.54) is 12.4 Å². The Morgan fingerprint density at radius 2 is 2.00 bits per heavy atom. The largest absolute Gasteiger partial charge is 0.416 e. The summed E-state index contributed by atoms with van der Waals surface area (Å²) in [6.45, 7) is 2.59. The second-order valence-electron chi connectivity index (χ2n) is 4.96. The van der Waals surface area contributed by atoms with Gasteiger partial charge in [-0.2, -0.15) is 13.2 Å². The first-order valence-corrected chi connectivity index (χ1v) is 7.06. The highest BCUT2D eigenvalue weighted by molar-refractivity contribution is 5.80. The average Bonchev–Trinajstić information content (AvgIpc) is 2.54. The van der Waals surface area contributed by atoms with Gasteiger partial charge in [-0.05, 0) is 25.1 Å². The van der Waals surface area contributed by atoms with Gasteiger partial charge in [0.15, 0.2) is 5.82 Å². The lowest BCUT2D eigenvalue weighted by Crippen LogP contribution is -2.12. The number of nitrogens with zero attached hydrogens (tertiary/aromatic N) is 3. The molecule has 0 atom stereocenters. The van der Waals surface area contributed by atoms with Gasteiger partial charge in [0.25, 0.3) is 5.56 Å². The second kappa shape index (κ2) is 5.91. The molecule has 0 amide bonds. The van der Waals surface area contributed by atoms with E-state index in [0.29, 0.717) is 18.1 Å². The Bertz CT molecular complexity index is 934. The van der Waals surface area contributed by atoms with Gasteiger partial charge in [0, 0.05) is 6.54 Å². The molecule has 6 nitrogen and oxygen atoms in total. The molecule has 1 aromatic carbocycles. The number of H-pyrrole nitrogens is 1. The zero-order chi connectivity index (χ0) is 17.3. The highest BCUT2D eigenvalue weighted by Crippen LogP contribution is 2.30. The molecule has 0 unspecified atom stereocenters. The van der Waals surface area contributed by atoms with Crippen LogP contribution in [-0.2, 0) is 6.18 Å². The third-order valence-corrected chi connectivity index (χ3v) is 3.29. The van der Waals surface area contributed by atoms with Crippen LogP contribution in [0.25, 0.3) is 22.4 Å². The van der Waals surface area contributed by atoms with Crippen molar-refractivity contribution in [2.75, 3.05) is 11.9 Å². The lowest BCUT2D eigenvalue weighted by Gasteiger charge is -2.08. The molecule has 2 N–H and O–H groups in total. The molecule has 0 bridgehead atoms. The number of hydrogen-bond acceptors (Lipinski definition) is 5. The number of halogens is 3. The van der Waals surface area contributed by atoms with Gasteiger partial charge >= 0.3 is 6.18 Å². The van der Waals surface area contributed by atoms with Gasteiger partial charge in [-0.25, -0.2) is 15.0 Å². The van der Waals surface area contributed by atoms with Gasteiger partial charge in [-0.1, -0.05) is 0 Å². The molecular formula is C15H12F3N5O. The van der Waals surface area contributed by atoms with E-state index in [1.54, 1.807) is 0 Å². The minimum Gasteiger partial charge on any atom is -0.369 e. The minimum atomic E-state index is -4.52. The van der Waals surface area contributed by atoms with Gasteiger partial charge in [-0.3, -0.25) is 4.79 Å². The van der Waals surface area contributed by atoms with E-state index in [0.717, 1.165) is 18.2 Å². The van der Waals surface area contributed by atoms with Crippen LogP contribution in [0.3, 0.4) is 0 Å². The van der Waals surface area contributed by atoms with Gasteiger partial charge in [0.05, 0.1) is 28.9 Å². The van der Waals surface area contributed by atoms with E-state index in [1.807, 2.05) is 6.92 Å². The Hall–Kier alpha value is -2.97. The van der Waals surface area contributed by atoms with Crippen molar-refractivity contribution >= 4 is 16.7 Å². The van der Waals surface area contributed by atoms with Gasteiger partial charge in [-0.15, -0.1) is 0 Å². The van der Waals surface area contributed by atoms with Crippen LogP contribution in [0.15, 0.2) is 35.4 Å². The number of alkyl halides is 3. The highest BCUT2D eigenvalue weighted by atomic mass is 19.4. The molecule has 2 heterocycles. The summed E-state index contributed by atoms with van der Waals surface area (Å²) in [7, 11) is 0. The van der Waals surface area contributed by atoms with E-state index in [9.17, 15) is 18.0 Å². The standard InChI is InChI=1S/C15H12F3N5O/c1-2-19-12-7-20-11(6-21-12)13-22-10-4-3-8(15(16,17)18)5-9(10)14(24)23-13/h3-7H,2H2,1H3,(H,19,21)(H,22,23,24). The smallest absolute Gasteiger partial charge is 0.369 e. The number of rotatable bonds is 3. The molecule has 3 rings (SSSR count). The fraction of sp³-hybridized carbons (Fsp3) is 0.200. The summed E-state index contributed by atoms with van der Waals surface area (Å²) in [6, 6.07) is 2.83.